The normalized spacial score (nSPS) is 17.3. The first-order valence-electron chi connectivity index (χ1n) is 6.15. The largest absolute Gasteiger partial charge is 0.508 e. The van der Waals surface area contributed by atoms with Gasteiger partial charge in [-0.2, -0.15) is 0 Å². The van der Waals surface area contributed by atoms with Gasteiger partial charge in [0.1, 0.15) is 30.3 Å². The zero-order valence-electron chi connectivity index (χ0n) is 10.5. The Balaban J connectivity index is 2.06. The molecule has 7 heteroatoms. The van der Waals surface area contributed by atoms with Crippen molar-refractivity contribution in [1.29, 1.82) is 0 Å². The molecule has 1 aliphatic heterocycles. The first-order valence-corrected chi connectivity index (χ1v) is 6.15. The van der Waals surface area contributed by atoms with Gasteiger partial charge in [-0.3, -0.25) is 9.59 Å². The Hall–Kier alpha value is -2.96. The van der Waals surface area contributed by atoms with E-state index < -0.39 is 11.6 Å². The van der Waals surface area contributed by atoms with E-state index in [1.165, 1.54) is 6.07 Å². The van der Waals surface area contributed by atoms with Crippen LogP contribution in [0.3, 0.4) is 0 Å². The van der Waals surface area contributed by atoms with E-state index in [9.17, 15) is 19.8 Å². The number of furan rings is 1. The van der Waals surface area contributed by atoms with Gasteiger partial charge in [0.05, 0.1) is 10.9 Å². The van der Waals surface area contributed by atoms with Crippen molar-refractivity contribution in [3.63, 3.8) is 0 Å². The van der Waals surface area contributed by atoms with Crippen molar-refractivity contribution < 1.29 is 33.7 Å². The summed E-state index contributed by atoms with van der Waals surface area (Å²) in [5, 5.41) is 19.5. The number of ketones is 2. The second-order valence-electron chi connectivity index (χ2n) is 4.66. The highest BCUT2D eigenvalue weighted by Gasteiger charge is 2.42. The molecule has 21 heavy (non-hydrogen) atoms. The summed E-state index contributed by atoms with van der Waals surface area (Å²) in [6.45, 7) is 0.329. The molecule has 0 saturated carbocycles. The van der Waals surface area contributed by atoms with E-state index in [2.05, 4.69) is 0 Å². The molecule has 2 heterocycles. The number of rotatable bonds is 0. The van der Waals surface area contributed by atoms with Crippen LogP contribution in [0.2, 0.25) is 0 Å². The molecule has 0 unspecified atom stereocenters. The first-order chi connectivity index (χ1) is 10.1. The predicted molar refractivity (Wildman–Crippen MR) is 67.1 cm³/mol. The number of ether oxygens (including phenoxy) is 2. The van der Waals surface area contributed by atoms with E-state index in [1.54, 1.807) is 0 Å². The van der Waals surface area contributed by atoms with Crippen LogP contribution in [-0.4, -0.2) is 35.0 Å². The number of phenols is 2. The van der Waals surface area contributed by atoms with Gasteiger partial charge in [-0.15, -0.1) is 0 Å². The molecule has 0 fully saturated rings. The second kappa shape index (κ2) is 3.78. The van der Waals surface area contributed by atoms with Crippen LogP contribution < -0.4 is 0 Å². The SMILES string of the molecule is O=C1C2=C(OCCO2)C(=O)c2c1oc1cc(O)cc(O)c21. The summed E-state index contributed by atoms with van der Waals surface area (Å²) >= 11 is 0. The lowest BCUT2D eigenvalue weighted by Gasteiger charge is -2.22. The second-order valence-corrected chi connectivity index (χ2v) is 4.66. The Labute approximate surface area is 117 Å². The summed E-state index contributed by atoms with van der Waals surface area (Å²) < 4.78 is 15.7. The van der Waals surface area contributed by atoms with Gasteiger partial charge in [0, 0.05) is 12.1 Å². The Morgan fingerprint density at radius 1 is 0.952 bits per heavy atom. The summed E-state index contributed by atoms with van der Waals surface area (Å²) in [5.41, 5.74) is -0.0317. The van der Waals surface area contributed by atoms with Gasteiger partial charge >= 0.3 is 0 Å². The third-order valence-electron chi connectivity index (χ3n) is 3.38. The van der Waals surface area contributed by atoms with Crippen molar-refractivity contribution in [3.05, 3.63) is 35.0 Å². The van der Waals surface area contributed by atoms with Crippen LogP contribution >= 0.6 is 0 Å². The number of phenolic OH excluding ortho intramolecular Hbond substituents is 2. The Bertz CT molecular complexity index is 856. The van der Waals surface area contributed by atoms with Gasteiger partial charge in [-0.1, -0.05) is 0 Å². The van der Waals surface area contributed by atoms with Crippen LogP contribution in [0, 0.1) is 0 Å². The lowest BCUT2D eigenvalue weighted by molar-refractivity contribution is 0.0425. The molecule has 0 saturated heterocycles. The van der Waals surface area contributed by atoms with E-state index in [4.69, 9.17) is 13.9 Å². The van der Waals surface area contributed by atoms with Crippen molar-refractivity contribution in [2.45, 2.75) is 0 Å². The smallest absolute Gasteiger partial charge is 0.267 e. The molecule has 2 aromatic rings. The predicted octanol–water partition coefficient (Wildman–Crippen LogP) is 1.48. The van der Waals surface area contributed by atoms with Crippen molar-refractivity contribution in [1.82, 2.24) is 0 Å². The molecule has 7 nitrogen and oxygen atoms in total. The fourth-order valence-corrected chi connectivity index (χ4v) is 2.54. The maximum atomic E-state index is 12.5. The van der Waals surface area contributed by atoms with Gasteiger partial charge in [0.15, 0.2) is 5.76 Å². The molecule has 106 valence electrons. The number of carbonyl (C=O) groups excluding carboxylic acids is 2. The Kier molecular flexibility index (Phi) is 2.13. The van der Waals surface area contributed by atoms with Gasteiger partial charge < -0.3 is 24.1 Å². The van der Waals surface area contributed by atoms with Crippen LogP contribution in [-0.2, 0) is 9.47 Å². The molecular weight excluding hydrogens is 280 g/mol. The Morgan fingerprint density at radius 3 is 2.33 bits per heavy atom. The quantitative estimate of drug-likeness (QED) is 0.756. The number of benzene rings is 1. The zero-order valence-corrected chi connectivity index (χ0v) is 10.5. The molecule has 0 amide bonds. The maximum absolute atomic E-state index is 12.5. The molecule has 2 N–H and O–H groups in total. The highest BCUT2D eigenvalue weighted by Crippen LogP contribution is 2.41. The summed E-state index contributed by atoms with van der Waals surface area (Å²) in [5.74, 6) is -2.36. The number of Topliss-reactive ketones (excluding diaryl/α,β-unsaturated/α-hetero) is 2. The lowest BCUT2D eigenvalue weighted by atomic mass is 9.95. The molecule has 0 spiro atoms. The van der Waals surface area contributed by atoms with Crippen LogP contribution in [0.15, 0.2) is 28.1 Å². The van der Waals surface area contributed by atoms with Gasteiger partial charge in [-0.05, 0) is 0 Å². The maximum Gasteiger partial charge on any atom is 0.267 e. The van der Waals surface area contributed by atoms with Gasteiger partial charge in [0.25, 0.3) is 5.78 Å². The first kappa shape index (κ1) is 11.8. The fraction of sp³-hybridized carbons (Fsp3) is 0.143. The number of hydrogen-bond donors (Lipinski definition) is 2. The van der Waals surface area contributed by atoms with E-state index >= 15 is 0 Å². The highest BCUT2D eigenvalue weighted by molar-refractivity contribution is 6.29. The number of fused-ring (bicyclic) bond motifs is 3. The van der Waals surface area contributed by atoms with Crippen molar-refractivity contribution in [3.8, 4) is 11.5 Å². The number of aromatic hydroxyl groups is 2. The van der Waals surface area contributed by atoms with Crippen LogP contribution in [0.5, 0.6) is 11.5 Å². The van der Waals surface area contributed by atoms with Crippen LogP contribution in [0.1, 0.15) is 20.9 Å². The average Bonchev–Trinajstić information content (AvgIpc) is 2.84. The average molecular weight is 288 g/mol. The number of allylic oxidation sites excluding steroid dienone is 2. The van der Waals surface area contributed by atoms with Crippen molar-refractivity contribution in [2.75, 3.05) is 13.2 Å². The molecule has 1 aliphatic carbocycles. The molecule has 0 bridgehead atoms. The molecule has 0 radical (unpaired) electrons. The van der Waals surface area contributed by atoms with Crippen LogP contribution in [0.4, 0.5) is 0 Å². The third-order valence-corrected chi connectivity index (χ3v) is 3.38. The molecule has 4 rings (SSSR count). The molecular formula is C14H8O7. The highest BCUT2D eigenvalue weighted by atomic mass is 16.6. The minimum atomic E-state index is -0.616. The number of carbonyl (C=O) groups is 2. The molecule has 0 atom stereocenters. The number of hydrogen-bond acceptors (Lipinski definition) is 7. The van der Waals surface area contributed by atoms with Gasteiger partial charge in [-0.25, -0.2) is 0 Å². The lowest BCUT2D eigenvalue weighted by Crippen LogP contribution is -2.28. The molecule has 1 aromatic carbocycles. The van der Waals surface area contributed by atoms with E-state index in [0.717, 1.165) is 6.07 Å². The minimum absolute atomic E-state index is 0.0408. The summed E-state index contributed by atoms with van der Waals surface area (Å²) in [4.78, 5) is 24.8. The van der Waals surface area contributed by atoms with E-state index in [0.29, 0.717) is 0 Å². The molecule has 1 aromatic heterocycles. The summed E-state index contributed by atoms with van der Waals surface area (Å²) in [7, 11) is 0. The van der Waals surface area contributed by atoms with Crippen molar-refractivity contribution >= 4 is 22.5 Å². The van der Waals surface area contributed by atoms with E-state index in [1.807, 2.05) is 0 Å². The third kappa shape index (κ3) is 1.42. The zero-order chi connectivity index (χ0) is 14.7. The van der Waals surface area contributed by atoms with Crippen molar-refractivity contribution in [2.24, 2.45) is 0 Å². The molecule has 2 aliphatic rings. The fourth-order valence-electron chi connectivity index (χ4n) is 2.54. The standard InChI is InChI=1S/C14H8O7/c15-5-3-6(16)8-7(4-5)21-12-9(8)10(17)13-14(11(12)18)20-2-1-19-13/h3-4,15-16H,1-2H2. The summed E-state index contributed by atoms with van der Waals surface area (Å²) in [6.07, 6.45) is 0. The summed E-state index contributed by atoms with van der Waals surface area (Å²) in [6, 6.07) is 2.28. The van der Waals surface area contributed by atoms with Crippen LogP contribution in [0.25, 0.3) is 11.0 Å². The van der Waals surface area contributed by atoms with Gasteiger partial charge in [0.2, 0.25) is 17.3 Å². The van der Waals surface area contributed by atoms with E-state index in [-0.39, 0.29) is 58.5 Å². The monoisotopic (exact) mass is 288 g/mol. The minimum Gasteiger partial charge on any atom is -0.508 e. The Morgan fingerprint density at radius 2 is 1.62 bits per heavy atom. The topological polar surface area (TPSA) is 106 Å².